The maximum Gasteiger partial charge on any atom is 0.239 e. The number of halogens is 2. The lowest BCUT2D eigenvalue weighted by Crippen LogP contribution is -2.49. The van der Waals surface area contributed by atoms with Crippen LogP contribution >= 0.6 is 0 Å². The number of rotatable bonds is 7. The predicted octanol–water partition coefficient (Wildman–Crippen LogP) is 3.77. The SMILES string of the molecule is O=C(CC12CC3CC(CC(C3)C1)C2)NCC(=O)NC1CCN(Cc2ccc(F)c(F)c2)CC1. The predicted molar refractivity (Wildman–Crippen MR) is 121 cm³/mol. The average molecular weight is 460 g/mol. The third kappa shape index (κ3) is 5.39. The monoisotopic (exact) mass is 459 g/mol. The summed E-state index contributed by atoms with van der Waals surface area (Å²) in [5, 5.41) is 5.92. The molecular formula is C26H35F2N3O2. The number of likely N-dealkylation sites (tertiary alicyclic amines) is 1. The lowest BCUT2D eigenvalue weighted by atomic mass is 9.49. The Hall–Kier alpha value is -2.02. The minimum absolute atomic E-state index is 0.0217. The average Bonchev–Trinajstić information content (AvgIpc) is 2.75. The maximum atomic E-state index is 13.4. The van der Waals surface area contributed by atoms with Crippen LogP contribution in [-0.2, 0) is 16.1 Å². The fourth-order valence-corrected chi connectivity index (χ4v) is 7.50. The Bertz CT molecular complexity index is 862. The van der Waals surface area contributed by atoms with E-state index in [0.717, 1.165) is 55.3 Å². The summed E-state index contributed by atoms with van der Waals surface area (Å²) in [5.74, 6) is 0.701. The van der Waals surface area contributed by atoms with Gasteiger partial charge in [0.15, 0.2) is 11.6 Å². The van der Waals surface area contributed by atoms with E-state index in [9.17, 15) is 18.4 Å². The topological polar surface area (TPSA) is 61.4 Å². The van der Waals surface area contributed by atoms with Gasteiger partial charge in [-0.05, 0) is 92.2 Å². The van der Waals surface area contributed by atoms with E-state index < -0.39 is 11.6 Å². The number of nitrogens with zero attached hydrogens (tertiary/aromatic N) is 1. The van der Waals surface area contributed by atoms with Crippen molar-refractivity contribution in [2.45, 2.75) is 70.4 Å². The minimum Gasteiger partial charge on any atom is -0.352 e. The molecule has 1 heterocycles. The summed E-state index contributed by atoms with van der Waals surface area (Å²) in [6.45, 7) is 2.17. The van der Waals surface area contributed by atoms with Crippen LogP contribution in [0.3, 0.4) is 0 Å². The molecule has 7 heteroatoms. The minimum atomic E-state index is -0.829. The third-order valence-electron chi connectivity index (χ3n) is 8.49. The second-order valence-electron chi connectivity index (χ2n) is 11.2. The van der Waals surface area contributed by atoms with E-state index in [0.29, 0.717) is 13.0 Å². The van der Waals surface area contributed by atoms with E-state index in [1.54, 1.807) is 6.07 Å². The third-order valence-corrected chi connectivity index (χ3v) is 8.49. The van der Waals surface area contributed by atoms with Gasteiger partial charge in [-0.25, -0.2) is 8.78 Å². The van der Waals surface area contributed by atoms with Gasteiger partial charge in [0.2, 0.25) is 11.8 Å². The first-order valence-electron chi connectivity index (χ1n) is 12.6. The number of nitrogens with one attached hydrogen (secondary N) is 2. The van der Waals surface area contributed by atoms with Crippen LogP contribution < -0.4 is 10.6 Å². The van der Waals surface area contributed by atoms with Crippen molar-refractivity contribution < 1.29 is 18.4 Å². The summed E-state index contributed by atoms with van der Waals surface area (Å²) in [7, 11) is 0. The highest BCUT2D eigenvalue weighted by Crippen LogP contribution is 2.61. The summed E-state index contributed by atoms with van der Waals surface area (Å²) in [6.07, 6.45) is 9.86. The molecule has 4 saturated carbocycles. The molecule has 0 atom stereocenters. The summed E-state index contributed by atoms with van der Waals surface area (Å²) in [4.78, 5) is 27.2. The molecule has 5 fully saturated rings. The lowest BCUT2D eigenvalue weighted by Gasteiger charge is -2.56. The van der Waals surface area contributed by atoms with Crippen LogP contribution in [0.4, 0.5) is 8.78 Å². The zero-order chi connectivity index (χ0) is 23.0. The summed E-state index contributed by atoms with van der Waals surface area (Å²) < 4.78 is 26.5. The van der Waals surface area contributed by atoms with Crippen molar-refractivity contribution in [2.24, 2.45) is 23.2 Å². The number of piperidine rings is 1. The Morgan fingerprint density at radius 2 is 1.58 bits per heavy atom. The molecule has 4 bridgehead atoms. The van der Waals surface area contributed by atoms with Crippen LogP contribution in [0.5, 0.6) is 0 Å². The molecule has 6 rings (SSSR count). The van der Waals surface area contributed by atoms with Gasteiger partial charge < -0.3 is 10.6 Å². The molecule has 2 N–H and O–H groups in total. The summed E-state index contributed by atoms with van der Waals surface area (Å²) in [5.41, 5.74) is 0.938. The summed E-state index contributed by atoms with van der Waals surface area (Å²) >= 11 is 0. The highest BCUT2D eigenvalue weighted by molar-refractivity contribution is 5.85. The molecule has 1 aromatic rings. The van der Waals surface area contributed by atoms with Gasteiger partial charge in [-0.3, -0.25) is 14.5 Å². The Balaban J connectivity index is 1.01. The van der Waals surface area contributed by atoms with Crippen molar-refractivity contribution >= 4 is 11.8 Å². The molecule has 0 unspecified atom stereocenters. The molecule has 0 spiro atoms. The standard InChI is InChI=1S/C26H35F2N3O2/c27-22-2-1-17(10-23(22)28)16-31-5-3-21(4-6-31)30-25(33)15-29-24(32)14-26-11-18-7-19(12-26)9-20(8-18)13-26/h1-2,10,18-21H,3-9,11-16H2,(H,29,32)(H,30,33). The van der Waals surface area contributed by atoms with Crippen molar-refractivity contribution in [1.29, 1.82) is 0 Å². The molecule has 5 nitrogen and oxygen atoms in total. The van der Waals surface area contributed by atoms with E-state index in [2.05, 4.69) is 15.5 Å². The number of benzene rings is 1. The molecule has 1 saturated heterocycles. The number of hydrogen-bond acceptors (Lipinski definition) is 3. The fraction of sp³-hybridized carbons (Fsp3) is 0.692. The van der Waals surface area contributed by atoms with Crippen LogP contribution in [0.25, 0.3) is 0 Å². The van der Waals surface area contributed by atoms with Gasteiger partial charge in [-0.2, -0.15) is 0 Å². The van der Waals surface area contributed by atoms with Gasteiger partial charge in [-0.15, -0.1) is 0 Å². The molecule has 0 radical (unpaired) electrons. The van der Waals surface area contributed by atoms with Gasteiger partial charge in [-0.1, -0.05) is 6.07 Å². The van der Waals surface area contributed by atoms with Gasteiger partial charge in [0.1, 0.15) is 0 Å². The first-order valence-corrected chi connectivity index (χ1v) is 12.6. The van der Waals surface area contributed by atoms with E-state index >= 15 is 0 Å². The normalized spacial score (nSPS) is 31.5. The Morgan fingerprint density at radius 3 is 2.18 bits per heavy atom. The van der Waals surface area contributed by atoms with Crippen molar-refractivity contribution in [3.8, 4) is 0 Å². The van der Waals surface area contributed by atoms with Crippen molar-refractivity contribution in [3.05, 3.63) is 35.4 Å². The molecule has 1 aliphatic heterocycles. The first-order chi connectivity index (χ1) is 15.9. The van der Waals surface area contributed by atoms with Gasteiger partial charge in [0.25, 0.3) is 0 Å². The fourth-order valence-electron chi connectivity index (χ4n) is 7.50. The van der Waals surface area contributed by atoms with E-state index in [-0.39, 0.29) is 29.8 Å². The molecule has 0 aromatic heterocycles. The van der Waals surface area contributed by atoms with E-state index in [1.807, 2.05) is 0 Å². The molecular weight excluding hydrogens is 424 g/mol. The van der Waals surface area contributed by atoms with Crippen LogP contribution in [0.15, 0.2) is 18.2 Å². The van der Waals surface area contributed by atoms with Crippen LogP contribution in [0, 0.1) is 34.8 Å². The molecule has 180 valence electrons. The highest BCUT2D eigenvalue weighted by atomic mass is 19.2. The Kier molecular flexibility index (Phi) is 6.43. The highest BCUT2D eigenvalue weighted by Gasteiger charge is 2.51. The van der Waals surface area contributed by atoms with Gasteiger partial charge in [0, 0.05) is 32.1 Å². The van der Waals surface area contributed by atoms with Crippen molar-refractivity contribution in [2.75, 3.05) is 19.6 Å². The van der Waals surface area contributed by atoms with Crippen molar-refractivity contribution in [1.82, 2.24) is 15.5 Å². The van der Waals surface area contributed by atoms with Crippen LogP contribution in [-0.4, -0.2) is 42.4 Å². The molecule has 2 amide bonds. The quantitative estimate of drug-likeness (QED) is 0.653. The maximum absolute atomic E-state index is 13.4. The van der Waals surface area contributed by atoms with Crippen molar-refractivity contribution in [3.63, 3.8) is 0 Å². The number of carbonyl (C=O) groups is 2. The van der Waals surface area contributed by atoms with E-state index in [1.165, 1.54) is 44.6 Å². The molecule has 1 aromatic carbocycles. The molecule has 5 aliphatic rings. The first kappa shape index (κ1) is 22.8. The number of carbonyl (C=O) groups excluding carboxylic acids is 2. The number of amides is 2. The van der Waals surface area contributed by atoms with E-state index in [4.69, 9.17) is 0 Å². The molecule has 33 heavy (non-hydrogen) atoms. The number of hydrogen-bond donors (Lipinski definition) is 2. The largest absolute Gasteiger partial charge is 0.352 e. The summed E-state index contributed by atoms with van der Waals surface area (Å²) in [6, 6.07) is 4.10. The Morgan fingerprint density at radius 1 is 0.939 bits per heavy atom. The zero-order valence-corrected chi connectivity index (χ0v) is 19.3. The zero-order valence-electron chi connectivity index (χ0n) is 19.3. The van der Waals surface area contributed by atoms with Gasteiger partial charge in [0.05, 0.1) is 6.54 Å². The van der Waals surface area contributed by atoms with Crippen LogP contribution in [0.1, 0.15) is 63.4 Å². The smallest absolute Gasteiger partial charge is 0.239 e. The Labute approximate surface area is 194 Å². The second-order valence-corrected chi connectivity index (χ2v) is 11.2. The lowest BCUT2D eigenvalue weighted by molar-refractivity contribution is -0.132. The van der Waals surface area contributed by atoms with Crippen LogP contribution in [0.2, 0.25) is 0 Å². The second kappa shape index (κ2) is 9.32. The molecule has 4 aliphatic carbocycles. The van der Waals surface area contributed by atoms with Gasteiger partial charge >= 0.3 is 0 Å².